The molecule has 0 fully saturated rings. The van der Waals surface area contributed by atoms with Crippen molar-refractivity contribution in [3.63, 3.8) is 0 Å². The van der Waals surface area contributed by atoms with Crippen LogP contribution >= 0.6 is 0 Å². The molecule has 1 aromatic heterocycles. The number of rotatable bonds is 5. The molecule has 1 heterocycles. The summed E-state index contributed by atoms with van der Waals surface area (Å²) in [4.78, 5) is 22.4. The lowest BCUT2D eigenvalue weighted by molar-refractivity contribution is -0.385. The van der Waals surface area contributed by atoms with Crippen molar-refractivity contribution >= 4 is 17.3 Å². The number of nitrogen functional groups attached to an aromatic ring is 1. The quantitative estimate of drug-likeness (QED) is 0.426. The highest BCUT2D eigenvalue weighted by atomic mass is 16.6. The van der Waals surface area contributed by atoms with Gasteiger partial charge in [-0.25, -0.2) is 0 Å². The van der Waals surface area contributed by atoms with Crippen molar-refractivity contribution in [2.75, 3.05) is 5.43 Å². The number of aromatic nitrogens is 1. The third kappa shape index (κ3) is 3.34. The number of nitro groups is 1. The van der Waals surface area contributed by atoms with Crippen molar-refractivity contribution < 1.29 is 14.2 Å². The largest absolute Gasteiger partial charge is 0.361 e. The second-order valence-electron chi connectivity index (χ2n) is 4.24. The topological polar surface area (TPSA) is 136 Å². The fourth-order valence-electron chi connectivity index (χ4n) is 1.73. The number of hydrazine groups is 1. The van der Waals surface area contributed by atoms with E-state index in [9.17, 15) is 14.9 Å². The molecule has 0 saturated heterocycles. The highest BCUT2D eigenvalue weighted by Crippen LogP contribution is 2.22. The van der Waals surface area contributed by atoms with E-state index in [4.69, 9.17) is 10.4 Å². The van der Waals surface area contributed by atoms with Crippen LogP contribution in [-0.4, -0.2) is 16.0 Å². The highest BCUT2D eigenvalue weighted by molar-refractivity contribution is 5.99. The Kier molecular flexibility index (Phi) is 4.14. The molecule has 2 aromatic rings. The van der Waals surface area contributed by atoms with Crippen LogP contribution < -0.4 is 16.6 Å². The minimum absolute atomic E-state index is 0.0873. The molecular weight excluding hydrogens is 278 g/mol. The Hall–Kier alpha value is -2.94. The standard InChI is InChI=1S/C12H13N5O4/c1-7-4-9(16-21-7)6-14-12(18)10-5-8(15-13)2-3-11(10)17(19)20/h2-5,15H,6,13H2,1H3,(H,14,18). The summed E-state index contributed by atoms with van der Waals surface area (Å²) in [6.45, 7) is 1.83. The fourth-order valence-corrected chi connectivity index (χ4v) is 1.73. The van der Waals surface area contributed by atoms with E-state index >= 15 is 0 Å². The van der Waals surface area contributed by atoms with Crippen LogP contribution in [-0.2, 0) is 6.54 Å². The van der Waals surface area contributed by atoms with E-state index in [1.807, 2.05) is 0 Å². The second kappa shape index (κ2) is 6.01. The fraction of sp³-hybridized carbons (Fsp3) is 0.167. The third-order valence-electron chi connectivity index (χ3n) is 2.71. The monoisotopic (exact) mass is 291 g/mol. The Bertz CT molecular complexity index is 682. The lowest BCUT2D eigenvalue weighted by Gasteiger charge is -2.06. The van der Waals surface area contributed by atoms with Gasteiger partial charge in [-0.2, -0.15) is 0 Å². The van der Waals surface area contributed by atoms with E-state index in [0.29, 0.717) is 17.1 Å². The van der Waals surface area contributed by atoms with E-state index in [1.165, 1.54) is 18.2 Å². The molecule has 21 heavy (non-hydrogen) atoms. The summed E-state index contributed by atoms with van der Waals surface area (Å²) in [6.07, 6.45) is 0. The van der Waals surface area contributed by atoms with Gasteiger partial charge in [0, 0.05) is 17.8 Å². The van der Waals surface area contributed by atoms with Gasteiger partial charge in [-0.05, 0) is 19.1 Å². The molecule has 0 spiro atoms. The molecule has 2 rings (SSSR count). The third-order valence-corrected chi connectivity index (χ3v) is 2.71. The minimum atomic E-state index is -0.630. The lowest BCUT2D eigenvalue weighted by atomic mass is 10.1. The molecular formula is C12H13N5O4. The Morgan fingerprint density at radius 2 is 2.24 bits per heavy atom. The molecule has 9 nitrogen and oxygen atoms in total. The molecule has 9 heteroatoms. The number of benzene rings is 1. The van der Waals surface area contributed by atoms with E-state index < -0.39 is 10.8 Å². The molecule has 0 bridgehead atoms. The normalized spacial score (nSPS) is 10.2. The molecule has 110 valence electrons. The van der Waals surface area contributed by atoms with Crippen LogP contribution in [0, 0.1) is 17.0 Å². The van der Waals surface area contributed by atoms with Crippen LogP contribution in [0.1, 0.15) is 21.8 Å². The summed E-state index contributed by atoms with van der Waals surface area (Å²) in [5, 5.41) is 17.2. The second-order valence-corrected chi connectivity index (χ2v) is 4.24. The molecule has 0 unspecified atom stereocenters. The SMILES string of the molecule is Cc1cc(CNC(=O)c2cc(NN)ccc2[N+](=O)[O-])no1. The molecule has 0 aliphatic carbocycles. The Balaban J connectivity index is 2.19. The molecule has 0 atom stereocenters. The van der Waals surface area contributed by atoms with Crippen LogP contribution in [0.25, 0.3) is 0 Å². The van der Waals surface area contributed by atoms with Crippen LogP contribution in [0.3, 0.4) is 0 Å². The average Bonchev–Trinajstić information content (AvgIpc) is 2.89. The van der Waals surface area contributed by atoms with Crippen molar-refractivity contribution in [1.29, 1.82) is 0 Å². The summed E-state index contributed by atoms with van der Waals surface area (Å²) in [6, 6.07) is 5.59. The van der Waals surface area contributed by atoms with Gasteiger partial charge in [0.05, 0.1) is 11.5 Å². The summed E-state index contributed by atoms with van der Waals surface area (Å²) in [7, 11) is 0. The first-order valence-corrected chi connectivity index (χ1v) is 5.96. The number of anilines is 1. The summed E-state index contributed by atoms with van der Waals surface area (Å²) >= 11 is 0. The first-order valence-electron chi connectivity index (χ1n) is 5.96. The van der Waals surface area contributed by atoms with Gasteiger partial charge in [-0.3, -0.25) is 20.8 Å². The molecule has 1 aromatic carbocycles. The summed E-state index contributed by atoms with van der Waals surface area (Å²) < 4.78 is 4.86. The van der Waals surface area contributed by atoms with E-state index in [1.54, 1.807) is 13.0 Å². The van der Waals surface area contributed by atoms with E-state index in [2.05, 4.69) is 15.9 Å². The molecule has 0 radical (unpaired) electrons. The van der Waals surface area contributed by atoms with Crippen LogP contribution in [0.4, 0.5) is 11.4 Å². The highest BCUT2D eigenvalue weighted by Gasteiger charge is 2.20. The van der Waals surface area contributed by atoms with Crippen LogP contribution in [0.2, 0.25) is 0 Å². The Morgan fingerprint density at radius 1 is 1.48 bits per heavy atom. The zero-order valence-corrected chi connectivity index (χ0v) is 11.1. The maximum Gasteiger partial charge on any atom is 0.282 e. The number of nitro benzene ring substituents is 1. The van der Waals surface area contributed by atoms with Crippen molar-refractivity contribution in [3.05, 3.63) is 51.4 Å². The predicted molar refractivity (Wildman–Crippen MR) is 73.3 cm³/mol. The maximum absolute atomic E-state index is 12.1. The number of aryl methyl sites for hydroxylation is 1. The van der Waals surface area contributed by atoms with Gasteiger partial charge in [0.25, 0.3) is 11.6 Å². The van der Waals surface area contributed by atoms with Gasteiger partial charge in [-0.1, -0.05) is 5.16 Å². The smallest absolute Gasteiger partial charge is 0.282 e. The van der Waals surface area contributed by atoms with Crippen molar-refractivity contribution in [2.24, 2.45) is 5.84 Å². The number of carbonyl (C=O) groups excluding carboxylic acids is 1. The van der Waals surface area contributed by atoms with Crippen molar-refractivity contribution in [2.45, 2.75) is 13.5 Å². The zero-order chi connectivity index (χ0) is 15.4. The predicted octanol–water partition coefficient (Wildman–Crippen LogP) is 1.11. The minimum Gasteiger partial charge on any atom is -0.361 e. The molecule has 1 amide bonds. The van der Waals surface area contributed by atoms with Gasteiger partial charge >= 0.3 is 0 Å². The Morgan fingerprint density at radius 3 is 2.81 bits per heavy atom. The first kappa shape index (κ1) is 14.5. The summed E-state index contributed by atoms with van der Waals surface area (Å²) in [5.74, 6) is 5.25. The van der Waals surface area contributed by atoms with Gasteiger partial charge in [0.1, 0.15) is 17.0 Å². The molecule has 4 N–H and O–H groups in total. The van der Waals surface area contributed by atoms with Crippen LogP contribution in [0.15, 0.2) is 28.8 Å². The maximum atomic E-state index is 12.1. The summed E-state index contributed by atoms with van der Waals surface area (Å²) in [5.41, 5.74) is 2.86. The number of carbonyl (C=O) groups is 1. The van der Waals surface area contributed by atoms with Crippen LogP contribution in [0.5, 0.6) is 0 Å². The van der Waals surface area contributed by atoms with Gasteiger partial charge in [0.2, 0.25) is 0 Å². The number of nitrogens with one attached hydrogen (secondary N) is 2. The first-order chi connectivity index (χ1) is 10.0. The number of nitrogens with two attached hydrogens (primary N) is 1. The van der Waals surface area contributed by atoms with Gasteiger partial charge in [0.15, 0.2) is 0 Å². The van der Waals surface area contributed by atoms with Gasteiger partial charge in [-0.15, -0.1) is 0 Å². The number of amides is 1. The lowest BCUT2D eigenvalue weighted by Crippen LogP contribution is -2.24. The van der Waals surface area contributed by atoms with Gasteiger partial charge < -0.3 is 15.3 Å². The molecule has 0 aliphatic rings. The zero-order valence-electron chi connectivity index (χ0n) is 11.1. The van der Waals surface area contributed by atoms with E-state index in [-0.39, 0.29) is 17.8 Å². The Labute approximate surface area is 119 Å². The number of hydrogen-bond acceptors (Lipinski definition) is 7. The van der Waals surface area contributed by atoms with E-state index in [0.717, 1.165) is 0 Å². The van der Waals surface area contributed by atoms with Crippen molar-refractivity contribution in [1.82, 2.24) is 10.5 Å². The molecule has 0 aliphatic heterocycles. The average molecular weight is 291 g/mol. The van der Waals surface area contributed by atoms with Crippen molar-refractivity contribution in [3.8, 4) is 0 Å². The number of nitrogens with zero attached hydrogens (tertiary/aromatic N) is 2. The number of hydrogen-bond donors (Lipinski definition) is 3. The molecule has 0 saturated carbocycles.